The lowest BCUT2D eigenvalue weighted by Crippen LogP contribution is -2.31. The van der Waals surface area contributed by atoms with Crippen LogP contribution >= 0.6 is 0 Å². The van der Waals surface area contributed by atoms with Crippen molar-refractivity contribution in [2.24, 2.45) is 0 Å². The molecule has 0 N–H and O–H groups in total. The maximum absolute atomic E-state index is 12.5. The van der Waals surface area contributed by atoms with Crippen LogP contribution in [0.3, 0.4) is 0 Å². The topological polar surface area (TPSA) is 55.3 Å². The number of methoxy groups -OCH3 is 1. The van der Waals surface area contributed by atoms with Crippen molar-refractivity contribution >= 4 is 11.9 Å². The van der Waals surface area contributed by atoms with Crippen molar-refractivity contribution in [2.75, 3.05) is 25.1 Å². The second-order valence-electron chi connectivity index (χ2n) is 2.79. The lowest BCUT2D eigenvalue weighted by atomic mass is 10.5. The van der Waals surface area contributed by atoms with E-state index in [4.69, 9.17) is 0 Å². The van der Waals surface area contributed by atoms with Crippen molar-refractivity contribution in [2.45, 2.75) is 6.92 Å². The number of halogens is 1. The predicted molar refractivity (Wildman–Crippen MR) is 51.9 cm³/mol. The zero-order chi connectivity index (χ0) is 11.3. The molecule has 0 radical (unpaired) electrons. The van der Waals surface area contributed by atoms with Crippen molar-refractivity contribution in [3.63, 3.8) is 0 Å². The standard InChI is InChI=1S/C9H12FN3O2/c1-3-13(6-8(14)15-2)9-11-4-7(10)5-12-9/h4-5H,3,6H2,1-2H3. The molecule has 0 fully saturated rings. The molecule has 0 saturated carbocycles. The first-order valence-corrected chi connectivity index (χ1v) is 4.46. The molecule has 0 bridgehead atoms. The van der Waals surface area contributed by atoms with E-state index in [1.807, 2.05) is 6.92 Å². The number of ether oxygens (including phenoxy) is 1. The monoisotopic (exact) mass is 213 g/mol. The Morgan fingerprint density at radius 2 is 2.13 bits per heavy atom. The zero-order valence-electron chi connectivity index (χ0n) is 8.61. The summed E-state index contributed by atoms with van der Waals surface area (Å²) in [5.41, 5.74) is 0. The molecule has 15 heavy (non-hydrogen) atoms. The lowest BCUT2D eigenvalue weighted by Gasteiger charge is -2.18. The third kappa shape index (κ3) is 3.16. The van der Waals surface area contributed by atoms with E-state index in [1.165, 1.54) is 7.11 Å². The SMILES string of the molecule is CCN(CC(=O)OC)c1ncc(F)cn1. The molecule has 0 aromatic carbocycles. The van der Waals surface area contributed by atoms with Gasteiger partial charge in [-0.2, -0.15) is 0 Å². The molecule has 6 heteroatoms. The number of esters is 1. The number of aromatic nitrogens is 2. The number of hydrogen-bond acceptors (Lipinski definition) is 5. The highest BCUT2D eigenvalue weighted by Gasteiger charge is 2.12. The smallest absolute Gasteiger partial charge is 0.325 e. The number of nitrogens with zero attached hydrogens (tertiary/aromatic N) is 3. The average Bonchev–Trinajstić information content (AvgIpc) is 2.27. The van der Waals surface area contributed by atoms with Gasteiger partial charge in [-0.3, -0.25) is 4.79 Å². The fourth-order valence-electron chi connectivity index (χ4n) is 1.01. The summed E-state index contributed by atoms with van der Waals surface area (Å²) in [6.45, 7) is 2.44. The maximum Gasteiger partial charge on any atom is 0.325 e. The Balaban J connectivity index is 2.74. The number of rotatable bonds is 4. The number of carbonyl (C=O) groups is 1. The number of hydrogen-bond donors (Lipinski definition) is 0. The number of likely N-dealkylation sites (N-methyl/N-ethyl adjacent to an activating group) is 1. The Kier molecular flexibility index (Phi) is 3.96. The number of anilines is 1. The van der Waals surface area contributed by atoms with E-state index in [9.17, 15) is 9.18 Å². The highest BCUT2D eigenvalue weighted by Crippen LogP contribution is 2.05. The molecule has 0 aliphatic heterocycles. The van der Waals surface area contributed by atoms with Crippen molar-refractivity contribution < 1.29 is 13.9 Å². The highest BCUT2D eigenvalue weighted by atomic mass is 19.1. The van der Waals surface area contributed by atoms with E-state index < -0.39 is 5.82 Å². The Labute approximate surface area is 86.9 Å². The van der Waals surface area contributed by atoms with Crippen LogP contribution in [-0.4, -0.2) is 36.1 Å². The van der Waals surface area contributed by atoms with Crippen LogP contribution in [0.5, 0.6) is 0 Å². The summed E-state index contributed by atoms with van der Waals surface area (Å²) in [4.78, 5) is 20.2. The van der Waals surface area contributed by atoms with E-state index in [0.717, 1.165) is 12.4 Å². The normalized spacial score (nSPS) is 9.80. The minimum atomic E-state index is -0.507. The molecular weight excluding hydrogens is 201 g/mol. The molecule has 0 unspecified atom stereocenters. The first-order chi connectivity index (χ1) is 7.17. The third-order valence-corrected chi connectivity index (χ3v) is 1.82. The van der Waals surface area contributed by atoms with Gasteiger partial charge in [-0.05, 0) is 6.92 Å². The fraction of sp³-hybridized carbons (Fsp3) is 0.444. The van der Waals surface area contributed by atoms with Gasteiger partial charge in [0.1, 0.15) is 6.54 Å². The molecule has 0 amide bonds. The molecule has 1 aromatic heterocycles. The Morgan fingerprint density at radius 1 is 1.53 bits per heavy atom. The van der Waals surface area contributed by atoms with E-state index in [0.29, 0.717) is 12.5 Å². The summed E-state index contributed by atoms with van der Waals surface area (Å²) < 4.78 is 17.1. The third-order valence-electron chi connectivity index (χ3n) is 1.82. The molecule has 82 valence electrons. The summed E-state index contributed by atoms with van der Waals surface area (Å²) >= 11 is 0. The van der Waals surface area contributed by atoms with Gasteiger partial charge < -0.3 is 9.64 Å². The van der Waals surface area contributed by atoms with Crippen LogP contribution in [0, 0.1) is 5.82 Å². The summed E-state index contributed by atoms with van der Waals surface area (Å²) in [7, 11) is 1.31. The van der Waals surface area contributed by atoms with Crippen molar-refractivity contribution in [1.29, 1.82) is 0 Å². The molecular formula is C9H12FN3O2. The maximum atomic E-state index is 12.5. The van der Waals surface area contributed by atoms with Gasteiger partial charge in [0.05, 0.1) is 19.5 Å². The average molecular weight is 213 g/mol. The minimum absolute atomic E-state index is 0.0542. The van der Waals surface area contributed by atoms with Crippen LogP contribution in [0.2, 0.25) is 0 Å². The first kappa shape index (κ1) is 11.4. The van der Waals surface area contributed by atoms with Crippen LogP contribution in [-0.2, 0) is 9.53 Å². The van der Waals surface area contributed by atoms with Crippen LogP contribution in [0.15, 0.2) is 12.4 Å². The Hall–Kier alpha value is -1.72. The molecule has 0 spiro atoms. The zero-order valence-corrected chi connectivity index (χ0v) is 8.61. The molecule has 5 nitrogen and oxygen atoms in total. The van der Waals surface area contributed by atoms with E-state index in [1.54, 1.807) is 4.90 Å². The van der Waals surface area contributed by atoms with Crippen LogP contribution in [0.4, 0.5) is 10.3 Å². The van der Waals surface area contributed by atoms with E-state index in [-0.39, 0.29) is 12.5 Å². The largest absolute Gasteiger partial charge is 0.468 e. The highest BCUT2D eigenvalue weighted by molar-refractivity contribution is 5.74. The second-order valence-corrected chi connectivity index (χ2v) is 2.79. The molecule has 1 aromatic rings. The van der Waals surface area contributed by atoms with Crippen molar-refractivity contribution in [3.8, 4) is 0 Å². The summed E-state index contributed by atoms with van der Waals surface area (Å²) in [6, 6.07) is 0. The van der Waals surface area contributed by atoms with Gasteiger partial charge in [0.2, 0.25) is 5.95 Å². The van der Waals surface area contributed by atoms with Crippen LogP contribution in [0.1, 0.15) is 6.92 Å². The van der Waals surface area contributed by atoms with Crippen LogP contribution < -0.4 is 4.90 Å². The lowest BCUT2D eigenvalue weighted by molar-refractivity contribution is -0.138. The molecule has 0 aliphatic rings. The van der Waals surface area contributed by atoms with Gasteiger partial charge in [0.15, 0.2) is 5.82 Å². The molecule has 0 atom stereocenters. The van der Waals surface area contributed by atoms with E-state index >= 15 is 0 Å². The number of carbonyl (C=O) groups excluding carboxylic acids is 1. The molecule has 0 saturated heterocycles. The van der Waals surface area contributed by atoms with Crippen molar-refractivity contribution in [3.05, 3.63) is 18.2 Å². The van der Waals surface area contributed by atoms with Crippen molar-refractivity contribution in [1.82, 2.24) is 9.97 Å². The minimum Gasteiger partial charge on any atom is -0.468 e. The Bertz CT molecular complexity index is 329. The first-order valence-electron chi connectivity index (χ1n) is 4.46. The van der Waals surface area contributed by atoms with Gasteiger partial charge in [0.25, 0.3) is 0 Å². The van der Waals surface area contributed by atoms with Gasteiger partial charge in [-0.1, -0.05) is 0 Å². The van der Waals surface area contributed by atoms with Gasteiger partial charge in [0, 0.05) is 6.54 Å². The van der Waals surface area contributed by atoms with E-state index in [2.05, 4.69) is 14.7 Å². The summed E-state index contributed by atoms with van der Waals surface area (Å²) in [5.74, 6) is -0.582. The van der Waals surface area contributed by atoms with Crippen LogP contribution in [0.25, 0.3) is 0 Å². The fourth-order valence-corrected chi connectivity index (χ4v) is 1.01. The summed E-state index contributed by atoms with van der Waals surface area (Å²) in [6.07, 6.45) is 2.12. The molecule has 1 heterocycles. The predicted octanol–water partition coefficient (Wildman–Crippen LogP) is 0.615. The van der Waals surface area contributed by atoms with Gasteiger partial charge in [-0.15, -0.1) is 0 Å². The van der Waals surface area contributed by atoms with Gasteiger partial charge in [-0.25, -0.2) is 14.4 Å². The van der Waals surface area contributed by atoms with Gasteiger partial charge >= 0.3 is 5.97 Å². The Morgan fingerprint density at radius 3 is 2.60 bits per heavy atom. The molecule has 0 aliphatic carbocycles. The summed E-state index contributed by atoms with van der Waals surface area (Å²) in [5, 5.41) is 0. The molecule has 1 rings (SSSR count). The quantitative estimate of drug-likeness (QED) is 0.686. The second kappa shape index (κ2) is 5.23.